The van der Waals surface area contributed by atoms with Gasteiger partial charge in [-0.1, -0.05) is 6.92 Å². The first-order chi connectivity index (χ1) is 5.65. The first-order valence-electron chi connectivity index (χ1n) is 4.61. The van der Waals surface area contributed by atoms with Crippen LogP contribution in [0.3, 0.4) is 0 Å². The second kappa shape index (κ2) is 3.90. The lowest BCUT2D eigenvalue weighted by molar-refractivity contribution is -0.130. The maximum Gasteiger partial charge on any atom is 0.222 e. The van der Waals surface area contributed by atoms with Crippen LogP contribution in [0.25, 0.3) is 0 Å². The molecule has 0 aromatic heterocycles. The number of aliphatic hydroxyl groups excluding tert-OH is 1. The number of rotatable bonds is 2. The maximum absolute atomic E-state index is 11.2. The molecule has 0 aliphatic carbocycles. The summed E-state index contributed by atoms with van der Waals surface area (Å²) < 4.78 is 0. The van der Waals surface area contributed by atoms with Crippen LogP contribution < -0.4 is 0 Å². The van der Waals surface area contributed by atoms with Crippen LogP contribution in [0.15, 0.2) is 0 Å². The van der Waals surface area contributed by atoms with Gasteiger partial charge in [0.2, 0.25) is 5.91 Å². The van der Waals surface area contributed by atoms with Crippen LogP contribution in [0.4, 0.5) is 0 Å². The summed E-state index contributed by atoms with van der Waals surface area (Å²) in [5, 5.41) is 9.29. The Kier molecular flexibility index (Phi) is 3.09. The van der Waals surface area contributed by atoms with Crippen molar-refractivity contribution in [2.75, 3.05) is 13.1 Å². The van der Waals surface area contributed by atoms with Gasteiger partial charge >= 0.3 is 0 Å². The molecule has 0 aromatic rings. The molecule has 0 spiro atoms. The van der Waals surface area contributed by atoms with Crippen molar-refractivity contribution in [2.45, 2.75) is 32.8 Å². The summed E-state index contributed by atoms with van der Waals surface area (Å²) in [7, 11) is 0. The minimum absolute atomic E-state index is 0.207. The Balaban J connectivity index is 2.40. The average Bonchev–Trinajstić information content (AvgIpc) is 2.51. The van der Waals surface area contributed by atoms with Crippen LogP contribution in [0, 0.1) is 5.92 Å². The van der Waals surface area contributed by atoms with Crippen molar-refractivity contribution in [2.24, 2.45) is 5.92 Å². The van der Waals surface area contributed by atoms with Crippen LogP contribution >= 0.6 is 0 Å². The Labute approximate surface area is 73.4 Å². The summed E-state index contributed by atoms with van der Waals surface area (Å²) >= 11 is 0. The topological polar surface area (TPSA) is 40.5 Å². The van der Waals surface area contributed by atoms with Crippen molar-refractivity contribution >= 4 is 5.91 Å². The van der Waals surface area contributed by atoms with E-state index >= 15 is 0 Å². The Hall–Kier alpha value is -0.570. The van der Waals surface area contributed by atoms with Crippen molar-refractivity contribution < 1.29 is 9.90 Å². The van der Waals surface area contributed by atoms with E-state index < -0.39 is 0 Å². The van der Waals surface area contributed by atoms with Crippen LogP contribution in [-0.4, -0.2) is 35.1 Å². The minimum Gasteiger partial charge on any atom is -0.393 e. The van der Waals surface area contributed by atoms with Crippen molar-refractivity contribution in [1.82, 2.24) is 4.90 Å². The molecule has 1 amide bonds. The third-order valence-corrected chi connectivity index (χ3v) is 2.56. The van der Waals surface area contributed by atoms with Crippen molar-refractivity contribution in [1.29, 1.82) is 0 Å². The smallest absolute Gasteiger partial charge is 0.222 e. The first-order valence-corrected chi connectivity index (χ1v) is 4.61. The average molecular weight is 171 g/mol. The quantitative estimate of drug-likeness (QED) is 0.662. The Morgan fingerprint density at radius 2 is 2.42 bits per heavy atom. The lowest BCUT2D eigenvalue weighted by atomic mass is 10.0. The summed E-state index contributed by atoms with van der Waals surface area (Å²) in [6, 6.07) is 0. The molecule has 2 unspecified atom stereocenters. The normalized spacial score (nSPS) is 25.9. The number of carbonyl (C=O) groups is 1. The molecule has 3 nitrogen and oxygen atoms in total. The highest BCUT2D eigenvalue weighted by atomic mass is 16.3. The summed E-state index contributed by atoms with van der Waals surface area (Å²) in [5.41, 5.74) is 0. The molecule has 1 heterocycles. The maximum atomic E-state index is 11.2. The molecular weight excluding hydrogens is 154 g/mol. The largest absolute Gasteiger partial charge is 0.393 e. The van der Waals surface area contributed by atoms with E-state index in [9.17, 15) is 9.90 Å². The molecule has 70 valence electrons. The van der Waals surface area contributed by atoms with E-state index in [4.69, 9.17) is 0 Å². The molecule has 0 bridgehead atoms. The zero-order valence-corrected chi connectivity index (χ0v) is 7.79. The molecule has 1 saturated heterocycles. The van der Waals surface area contributed by atoms with Gasteiger partial charge in [-0.3, -0.25) is 4.79 Å². The molecule has 0 radical (unpaired) electrons. The lowest BCUT2D eigenvalue weighted by Crippen LogP contribution is -2.29. The fourth-order valence-corrected chi connectivity index (χ4v) is 1.63. The number of nitrogens with zero attached hydrogens (tertiary/aromatic N) is 1. The third-order valence-electron chi connectivity index (χ3n) is 2.56. The number of amides is 1. The van der Waals surface area contributed by atoms with E-state index in [1.54, 1.807) is 6.92 Å². The minimum atomic E-state index is -0.278. The molecule has 1 aliphatic rings. The SMILES string of the molecule is CCC(=O)N1CCC(C(C)O)C1. The van der Waals surface area contributed by atoms with E-state index in [0.717, 1.165) is 19.5 Å². The Morgan fingerprint density at radius 1 is 1.75 bits per heavy atom. The highest BCUT2D eigenvalue weighted by Crippen LogP contribution is 2.19. The highest BCUT2D eigenvalue weighted by molar-refractivity contribution is 5.76. The number of carbonyl (C=O) groups excluding carboxylic acids is 1. The molecule has 1 fully saturated rings. The molecule has 12 heavy (non-hydrogen) atoms. The summed E-state index contributed by atoms with van der Waals surface area (Å²) in [6.45, 7) is 5.23. The van der Waals surface area contributed by atoms with Gasteiger partial charge in [0.25, 0.3) is 0 Å². The van der Waals surface area contributed by atoms with E-state index in [0.29, 0.717) is 12.3 Å². The molecular formula is C9H17NO2. The van der Waals surface area contributed by atoms with Crippen LogP contribution in [0.5, 0.6) is 0 Å². The predicted molar refractivity (Wildman–Crippen MR) is 46.7 cm³/mol. The number of hydrogen-bond acceptors (Lipinski definition) is 2. The van der Waals surface area contributed by atoms with Crippen LogP contribution in [-0.2, 0) is 4.79 Å². The predicted octanol–water partition coefficient (Wildman–Crippen LogP) is 0.626. The van der Waals surface area contributed by atoms with Gasteiger partial charge < -0.3 is 10.0 Å². The van der Waals surface area contributed by atoms with E-state index in [1.165, 1.54) is 0 Å². The highest BCUT2D eigenvalue weighted by Gasteiger charge is 2.27. The van der Waals surface area contributed by atoms with Gasteiger partial charge in [0.15, 0.2) is 0 Å². The van der Waals surface area contributed by atoms with E-state index in [-0.39, 0.29) is 12.0 Å². The molecule has 1 aliphatic heterocycles. The standard InChI is InChI=1S/C9H17NO2/c1-3-9(12)10-5-4-8(6-10)7(2)11/h7-8,11H,3-6H2,1-2H3. The van der Waals surface area contributed by atoms with Crippen molar-refractivity contribution in [3.8, 4) is 0 Å². The lowest BCUT2D eigenvalue weighted by Gasteiger charge is -2.16. The van der Waals surface area contributed by atoms with Crippen molar-refractivity contribution in [3.63, 3.8) is 0 Å². The fraction of sp³-hybridized carbons (Fsp3) is 0.889. The van der Waals surface area contributed by atoms with E-state index in [1.807, 2.05) is 11.8 Å². The fourth-order valence-electron chi connectivity index (χ4n) is 1.63. The molecule has 3 heteroatoms. The number of aliphatic hydroxyl groups is 1. The van der Waals surface area contributed by atoms with Crippen molar-refractivity contribution in [3.05, 3.63) is 0 Å². The zero-order chi connectivity index (χ0) is 9.14. The van der Waals surface area contributed by atoms with Gasteiger partial charge in [-0.15, -0.1) is 0 Å². The Morgan fingerprint density at radius 3 is 2.83 bits per heavy atom. The molecule has 0 aromatic carbocycles. The van der Waals surface area contributed by atoms with Crippen LogP contribution in [0.1, 0.15) is 26.7 Å². The van der Waals surface area contributed by atoms with Gasteiger partial charge in [0.1, 0.15) is 0 Å². The van der Waals surface area contributed by atoms with Crippen LogP contribution in [0.2, 0.25) is 0 Å². The summed E-state index contributed by atoms with van der Waals surface area (Å²) in [6.07, 6.45) is 1.25. The number of likely N-dealkylation sites (tertiary alicyclic amines) is 1. The molecule has 0 saturated carbocycles. The summed E-state index contributed by atoms with van der Waals surface area (Å²) in [4.78, 5) is 13.1. The molecule has 1 rings (SSSR count). The first kappa shape index (κ1) is 9.52. The zero-order valence-electron chi connectivity index (χ0n) is 7.79. The number of hydrogen-bond donors (Lipinski definition) is 1. The Bertz CT molecular complexity index is 168. The van der Waals surface area contributed by atoms with Gasteiger partial charge in [-0.25, -0.2) is 0 Å². The third kappa shape index (κ3) is 1.97. The second-order valence-corrected chi connectivity index (χ2v) is 3.48. The van der Waals surface area contributed by atoms with Gasteiger partial charge in [0, 0.05) is 25.4 Å². The van der Waals surface area contributed by atoms with Gasteiger partial charge in [-0.05, 0) is 13.3 Å². The monoisotopic (exact) mass is 171 g/mol. The second-order valence-electron chi connectivity index (χ2n) is 3.48. The van der Waals surface area contributed by atoms with E-state index in [2.05, 4.69) is 0 Å². The molecule has 1 N–H and O–H groups in total. The molecule has 2 atom stereocenters. The summed E-state index contributed by atoms with van der Waals surface area (Å²) in [5.74, 6) is 0.499. The van der Waals surface area contributed by atoms with Gasteiger partial charge in [0.05, 0.1) is 6.10 Å². The van der Waals surface area contributed by atoms with Gasteiger partial charge in [-0.2, -0.15) is 0 Å².